The zero-order valence-corrected chi connectivity index (χ0v) is 23.2. The Labute approximate surface area is 232 Å². The van der Waals surface area contributed by atoms with Gasteiger partial charge in [0.05, 0.1) is 20.1 Å². The quantitative estimate of drug-likeness (QED) is 0.261. The lowest BCUT2D eigenvalue weighted by molar-refractivity contribution is -0.137. The summed E-state index contributed by atoms with van der Waals surface area (Å²) in [6.07, 6.45) is -0.500. The third-order valence-corrected chi connectivity index (χ3v) is 9.09. The van der Waals surface area contributed by atoms with Crippen LogP contribution in [0.25, 0.3) is 11.0 Å². The molecule has 0 saturated carbocycles. The molecule has 4 aromatic rings. The SMILES string of the molecule is COc1cc(C(CC(=O)O)c2ccc(Cl)c(CN3CC(C)Oc4ccccc4S3(O)O)c2)cc2nnn(C)c12. The number of benzene rings is 3. The van der Waals surface area contributed by atoms with Gasteiger partial charge in [-0.2, -0.15) is 4.31 Å². The summed E-state index contributed by atoms with van der Waals surface area (Å²) in [5, 5.41) is 18.5. The maximum atomic E-state index is 11.9. The second-order valence-corrected chi connectivity index (χ2v) is 11.9. The molecule has 0 saturated heterocycles. The summed E-state index contributed by atoms with van der Waals surface area (Å²) >= 11 is 6.60. The number of para-hydroxylation sites is 1. The van der Waals surface area contributed by atoms with E-state index in [-0.39, 0.29) is 25.6 Å². The van der Waals surface area contributed by atoms with Gasteiger partial charge in [-0.1, -0.05) is 41.1 Å². The Hall–Kier alpha value is -3.35. The fourth-order valence-electron chi connectivity index (χ4n) is 4.97. The van der Waals surface area contributed by atoms with E-state index < -0.39 is 22.7 Å². The van der Waals surface area contributed by atoms with E-state index in [1.54, 1.807) is 65.6 Å². The Balaban J connectivity index is 1.55. The van der Waals surface area contributed by atoms with Gasteiger partial charge in [-0.3, -0.25) is 13.9 Å². The van der Waals surface area contributed by atoms with Gasteiger partial charge in [0, 0.05) is 24.5 Å². The summed E-state index contributed by atoms with van der Waals surface area (Å²) in [5.74, 6) is -0.557. The van der Waals surface area contributed by atoms with Crippen LogP contribution in [0.4, 0.5) is 0 Å². The highest BCUT2D eigenvalue weighted by atomic mass is 35.5. The van der Waals surface area contributed by atoms with Gasteiger partial charge in [0.15, 0.2) is 0 Å². The number of carboxylic acid groups (broad SMARTS) is 1. The topological polar surface area (TPSA) is 130 Å². The number of halogens is 1. The summed E-state index contributed by atoms with van der Waals surface area (Å²) in [6.45, 7) is 2.22. The highest BCUT2D eigenvalue weighted by Gasteiger charge is 2.34. The average molecular weight is 573 g/mol. The van der Waals surface area contributed by atoms with Crippen LogP contribution >= 0.6 is 22.4 Å². The van der Waals surface area contributed by atoms with Gasteiger partial charge >= 0.3 is 5.97 Å². The fraction of sp³-hybridized carbons (Fsp3) is 0.296. The van der Waals surface area contributed by atoms with Crippen LogP contribution in [-0.4, -0.2) is 59.2 Å². The van der Waals surface area contributed by atoms with E-state index in [1.165, 1.54) is 0 Å². The number of ether oxygens (including phenoxy) is 2. The lowest BCUT2D eigenvalue weighted by Gasteiger charge is -2.41. The fourth-order valence-corrected chi connectivity index (χ4v) is 6.81. The first-order valence-electron chi connectivity index (χ1n) is 12.2. The summed E-state index contributed by atoms with van der Waals surface area (Å²) in [6, 6.07) is 15.8. The first-order chi connectivity index (χ1) is 18.6. The van der Waals surface area contributed by atoms with Crippen LogP contribution in [0.1, 0.15) is 36.0 Å². The van der Waals surface area contributed by atoms with Gasteiger partial charge < -0.3 is 14.6 Å². The minimum atomic E-state index is -3.38. The minimum Gasteiger partial charge on any atom is -0.494 e. The number of hydrogen-bond acceptors (Lipinski definition) is 8. The van der Waals surface area contributed by atoms with Crippen molar-refractivity contribution >= 4 is 39.4 Å². The van der Waals surface area contributed by atoms with E-state index in [9.17, 15) is 19.0 Å². The number of carbonyl (C=O) groups is 1. The van der Waals surface area contributed by atoms with Crippen LogP contribution < -0.4 is 9.47 Å². The van der Waals surface area contributed by atoms with E-state index >= 15 is 0 Å². The summed E-state index contributed by atoms with van der Waals surface area (Å²) in [5.41, 5.74) is 3.32. The van der Waals surface area contributed by atoms with Crippen LogP contribution in [0.2, 0.25) is 5.02 Å². The monoisotopic (exact) mass is 572 g/mol. The van der Waals surface area contributed by atoms with Crippen molar-refractivity contribution in [3.63, 3.8) is 0 Å². The van der Waals surface area contributed by atoms with Gasteiger partial charge in [-0.15, -0.1) is 15.9 Å². The highest BCUT2D eigenvalue weighted by molar-refractivity contribution is 8.22. The molecule has 2 unspecified atom stereocenters. The second-order valence-electron chi connectivity index (χ2n) is 9.52. The number of aromatic nitrogens is 3. The molecule has 0 spiro atoms. The molecule has 2 atom stereocenters. The third-order valence-electron chi connectivity index (χ3n) is 6.80. The third kappa shape index (κ3) is 5.28. The van der Waals surface area contributed by atoms with E-state index in [2.05, 4.69) is 10.3 Å². The molecule has 0 fully saturated rings. The molecule has 2 heterocycles. The van der Waals surface area contributed by atoms with Gasteiger partial charge in [0.1, 0.15) is 33.5 Å². The first kappa shape index (κ1) is 27.2. The molecular formula is C27H29ClN4O6S. The molecule has 1 aromatic heterocycles. The zero-order valence-electron chi connectivity index (χ0n) is 21.6. The van der Waals surface area contributed by atoms with E-state index in [4.69, 9.17) is 21.1 Å². The van der Waals surface area contributed by atoms with Crippen molar-refractivity contribution in [2.45, 2.75) is 36.8 Å². The number of nitrogens with zero attached hydrogens (tertiary/aromatic N) is 4. The molecule has 1 aliphatic rings. The van der Waals surface area contributed by atoms with Crippen molar-refractivity contribution in [3.8, 4) is 11.5 Å². The van der Waals surface area contributed by atoms with Crippen molar-refractivity contribution in [2.75, 3.05) is 13.7 Å². The lowest BCUT2D eigenvalue weighted by atomic mass is 9.87. The van der Waals surface area contributed by atoms with Crippen LogP contribution in [0, 0.1) is 0 Å². The van der Waals surface area contributed by atoms with Crippen molar-refractivity contribution in [1.29, 1.82) is 0 Å². The molecule has 0 amide bonds. The molecule has 0 radical (unpaired) electrons. The number of fused-ring (bicyclic) bond motifs is 2. The minimum absolute atomic E-state index is 0.114. The molecule has 0 aliphatic carbocycles. The number of aliphatic carboxylic acids is 1. The van der Waals surface area contributed by atoms with Crippen molar-refractivity contribution in [2.24, 2.45) is 7.05 Å². The van der Waals surface area contributed by atoms with Gasteiger partial charge in [0.2, 0.25) is 0 Å². The largest absolute Gasteiger partial charge is 0.494 e. The van der Waals surface area contributed by atoms with Crippen molar-refractivity contribution < 1.29 is 28.5 Å². The molecule has 5 rings (SSSR count). The Bertz CT molecular complexity index is 1540. The molecule has 206 valence electrons. The standard InChI is InChI=1S/C27H29ClN4O6S/c1-16-14-32(39(35,36)25-7-5-4-6-23(25)38-16)15-19-10-17(8-9-21(19)28)20(13-26(33)34)18-11-22-27(24(12-18)37-3)31(2)30-29-22/h4-12,16,20,35-36H,13-15H2,1-3H3,(H,33,34). The maximum absolute atomic E-state index is 11.9. The summed E-state index contributed by atoms with van der Waals surface area (Å²) in [4.78, 5) is 12.3. The number of rotatable bonds is 7. The molecule has 3 N–H and O–H groups in total. The highest BCUT2D eigenvalue weighted by Crippen LogP contribution is 2.57. The molecule has 12 heteroatoms. The molecule has 39 heavy (non-hydrogen) atoms. The van der Waals surface area contributed by atoms with E-state index in [0.29, 0.717) is 49.1 Å². The number of aryl methyl sites for hydroxylation is 1. The van der Waals surface area contributed by atoms with Gasteiger partial charge in [0.25, 0.3) is 0 Å². The van der Waals surface area contributed by atoms with Crippen molar-refractivity contribution in [3.05, 3.63) is 76.3 Å². The molecule has 10 nitrogen and oxygen atoms in total. The maximum Gasteiger partial charge on any atom is 0.304 e. The van der Waals surface area contributed by atoms with E-state index in [0.717, 1.165) is 0 Å². The summed E-state index contributed by atoms with van der Waals surface area (Å²) < 4.78 is 37.3. The van der Waals surface area contributed by atoms with Crippen LogP contribution in [0.15, 0.2) is 59.5 Å². The second kappa shape index (κ2) is 10.7. The van der Waals surface area contributed by atoms with Crippen LogP contribution in [0.3, 0.4) is 0 Å². The molecule has 1 aliphatic heterocycles. The van der Waals surface area contributed by atoms with Crippen molar-refractivity contribution in [1.82, 2.24) is 19.3 Å². The Morgan fingerprint density at radius 1 is 1.21 bits per heavy atom. The molecule has 3 aromatic carbocycles. The average Bonchev–Trinajstić information content (AvgIpc) is 3.24. The van der Waals surface area contributed by atoms with Gasteiger partial charge in [-0.25, -0.2) is 4.68 Å². The van der Waals surface area contributed by atoms with Gasteiger partial charge in [-0.05, 0) is 53.9 Å². The predicted molar refractivity (Wildman–Crippen MR) is 149 cm³/mol. The van der Waals surface area contributed by atoms with Crippen LogP contribution in [-0.2, 0) is 18.4 Å². The Kier molecular flexibility index (Phi) is 7.45. The first-order valence-corrected chi connectivity index (χ1v) is 14.1. The van der Waals surface area contributed by atoms with Crippen LogP contribution in [0.5, 0.6) is 11.5 Å². The Morgan fingerprint density at radius 2 is 1.97 bits per heavy atom. The number of methoxy groups -OCH3 is 1. The normalized spacial score (nSPS) is 18.6. The Morgan fingerprint density at radius 3 is 2.72 bits per heavy atom. The number of hydrogen-bond donors (Lipinski definition) is 3. The predicted octanol–water partition coefficient (Wildman–Crippen LogP) is 5.54. The smallest absolute Gasteiger partial charge is 0.304 e. The molecule has 0 bridgehead atoms. The van der Waals surface area contributed by atoms with E-state index in [1.807, 2.05) is 19.1 Å². The molecular weight excluding hydrogens is 544 g/mol. The summed E-state index contributed by atoms with van der Waals surface area (Å²) in [7, 11) is -0.0796. The lowest BCUT2D eigenvalue weighted by Crippen LogP contribution is -2.33. The number of carboxylic acids is 1. The zero-order chi connectivity index (χ0) is 27.9.